The Hall–Kier alpha value is -1.34. The van der Waals surface area contributed by atoms with Crippen LogP contribution in [0.2, 0.25) is 0 Å². The van der Waals surface area contributed by atoms with Crippen LogP contribution >= 0.6 is 0 Å². The molecule has 0 radical (unpaired) electrons. The molecule has 0 aliphatic carbocycles. The highest BCUT2D eigenvalue weighted by Crippen LogP contribution is 1.94. The van der Waals surface area contributed by atoms with E-state index < -0.39 is 0 Å². The number of carbonyl (C=O) groups excluding carboxylic acids is 1. The molecule has 7 nitrogen and oxygen atoms in total. The van der Waals surface area contributed by atoms with E-state index in [1.54, 1.807) is 7.11 Å². The van der Waals surface area contributed by atoms with Crippen molar-refractivity contribution in [3.63, 3.8) is 0 Å². The molecule has 0 spiro atoms. The van der Waals surface area contributed by atoms with Crippen LogP contribution in [0, 0.1) is 0 Å². The SMILES string of the molecule is COCCNC(=O)C(C)NCCCCC(N)=NO. The topological polar surface area (TPSA) is 109 Å². The number of carbonyl (C=O) groups is 1. The third-order valence-electron chi connectivity index (χ3n) is 2.44. The largest absolute Gasteiger partial charge is 0.409 e. The lowest BCUT2D eigenvalue weighted by Crippen LogP contribution is -2.43. The van der Waals surface area contributed by atoms with E-state index in [9.17, 15) is 4.79 Å². The molecule has 0 aliphatic rings. The minimum atomic E-state index is -0.231. The van der Waals surface area contributed by atoms with Crippen molar-refractivity contribution in [2.24, 2.45) is 10.9 Å². The van der Waals surface area contributed by atoms with Gasteiger partial charge in [0.2, 0.25) is 5.91 Å². The predicted molar refractivity (Wildman–Crippen MR) is 69.6 cm³/mol. The zero-order chi connectivity index (χ0) is 13.8. The molecule has 0 aliphatic heterocycles. The van der Waals surface area contributed by atoms with Gasteiger partial charge in [-0.1, -0.05) is 5.16 Å². The number of oxime groups is 1. The number of nitrogens with two attached hydrogens (primary N) is 1. The fourth-order valence-corrected chi connectivity index (χ4v) is 1.32. The summed E-state index contributed by atoms with van der Waals surface area (Å²) in [5.74, 6) is 0.198. The maximum absolute atomic E-state index is 11.5. The van der Waals surface area contributed by atoms with Crippen molar-refractivity contribution in [2.75, 3.05) is 26.8 Å². The van der Waals surface area contributed by atoms with Gasteiger partial charge in [-0.15, -0.1) is 0 Å². The molecular formula is C11H24N4O3. The van der Waals surface area contributed by atoms with E-state index in [-0.39, 0.29) is 17.8 Å². The van der Waals surface area contributed by atoms with Crippen molar-refractivity contribution < 1.29 is 14.7 Å². The highest BCUT2D eigenvalue weighted by Gasteiger charge is 2.10. The number of amides is 1. The Morgan fingerprint density at radius 3 is 2.78 bits per heavy atom. The van der Waals surface area contributed by atoms with Gasteiger partial charge in [0.1, 0.15) is 5.84 Å². The highest BCUT2D eigenvalue weighted by molar-refractivity contribution is 5.81. The Bertz CT molecular complexity index is 259. The number of nitrogens with one attached hydrogen (secondary N) is 2. The number of ether oxygens (including phenoxy) is 1. The number of hydrogen-bond acceptors (Lipinski definition) is 5. The van der Waals surface area contributed by atoms with Gasteiger partial charge in [-0.3, -0.25) is 4.79 Å². The second-order valence-corrected chi connectivity index (χ2v) is 4.01. The van der Waals surface area contributed by atoms with Crippen LogP contribution in [0.5, 0.6) is 0 Å². The van der Waals surface area contributed by atoms with E-state index in [2.05, 4.69) is 15.8 Å². The van der Waals surface area contributed by atoms with Crippen molar-refractivity contribution in [3.8, 4) is 0 Å². The zero-order valence-electron chi connectivity index (χ0n) is 11.1. The van der Waals surface area contributed by atoms with Crippen molar-refractivity contribution in [2.45, 2.75) is 32.2 Å². The van der Waals surface area contributed by atoms with E-state index in [0.29, 0.717) is 19.6 Å². The van der Waals surface area contributed by atoms with Crippen LogP contribution in [0.3, 0.4) is 0 Å². The molecule has 0 bridgehead atoms. The average molecular weight is 260 g/mol. The van der Waals surface area contributed by atoms with Gasteiger partial charge < -0.3 is 26.3 Å². The molecule has 0 saturated heterocycles. The summed E-state index contributed by atoms with van der Waals surface area (Å²) >= 11 is 0. The Morgan fingerprint density at radius 2 is 2.17 bits per heavy atom. The highest BCUT2D eigenvalue weighted by atomic mass is 16.5. The van der Waals surface area contributed by atoms with E-state index in [1.807, 2.05) is 6.92 Å². The predicted octanol–water partition coefficient (Wildman–Crippen LogP) is -0.356. The molecule has 5 N–H and O–H groups in total. The Kier molecular flexibility index (Phi) is 9.99. The third-order valence-corrected chi connectivity index (χ3v) is 2.44. The standard InChI is InChI=1S/C11H24N4O3/c1-9(11(16)14-7-8-18-2)13-6-4-3-5-10(12)15-17/h9,13,17H,3-8H2,1-2H3,(H2,12,15)(H,14,16). The number of rotatable bonds is 10. The van der Waals surface area contributed by atoms with Gasteiger partial charge in [-0.25, -0.2) is 0 Å². The third kappa shape index (κ3) is 8.77. The van der Waals surface area contributed by atoms with Gasteiger partial charge >= 0.3 is 0 Å². The summed E-state index contributed by atoms with van der Waals surface area (Å²) in [7, 11) is 1.59. The van der Waals surface area contributed by atoms with Crippen molar-refractivity contribution in [3.05, 3.63) is 0 Å². The van der Waals surface area contributed by atoms with E-state index >= 15 is 0 Å². The molecule has 1 atom stereocenters. The van der Waals surface area contributed by atoms with E-state index in [4.69, 9.17) is 15.7 Å². The van der Waals surface area contributed by atoms with Crippen LogP contribution in [-0.4, -0.2) is 49.8 Å². The first-order chi connectivity index (χ1) is 8.61. The summed E-state index contributed by atoms with van der Waals surface area (Å²) in [4.78, 5) is 11.5. The summed E-state index contributed by atoms with van der Waals surface area (Å²) in [6.45, 7) is 3.56. The normalized spacial score (nSPS) is 13.3. The number of amidine groups is 1. The van der Waals surface area contributed by atoms with Gasteiger partial charge in [0.15, 0.2) is 0 Å². The van der Waals surface area contributed by atoms with Gasteiger partial charge in [0.25, 0.3) is 0 Å². The first kappa shape index (κ1) is 16.7. The fraction of sp³-hybridized carbons (Fsp3) is 0.818. The number of hydrogen-bond donors (Lipinski definition) is 4. The monoisotopic (exact) mass is 260 g/mol. The first-order valence-electron chi connectivity index (χ1n) is 6.08. The molecule has 0 saturated carbocycles. The second-order valence-electron chi connectivity index (χ2n) is 4.01. The zero-order valence-corrected chi connectivity index (χ0v) is 11.1. The molecule has 0 fully saturated rings. The van der Waals surface area contributed by atoms with Crippen LogP contribution in [0.1, 0.15) is 26.2 Å². The Labute approximate surface area is 108 Å². The minimum absolute atomic E-state index is 0.0384. The number of methoxy groups -OCH3 is 1. The maximum atomic E-state index is 11.5. The van der Waals surface area contributed by atoms with Crippen LogP contribution in [-0.2, 0) is 9.53 Å². The van der Waals surface area contributed by atoms with E-state index in [1.165, 1.54) is 0 Å². The summed E-state index contributed by atoms with van der Waals surface area (Å²) in [5, 5.41) is 17.1. The van der Waals surface area contributed by atoms with Crippen molar-refractivity contribution in [1.82, 2.24) is 10.6 Å². The van der Waals surface area contributed by atoms with Crippen molar-refractivity contribution >= 4 is 11.7 Å². The summed E-state index contributed by atoms with van der Waals surface area (Å²) in [6.07, 6.45) is 2.25. The summed E-state index contributed by atoms with van der Waals surface area (Å²) in [5.41, 5.74) is 5.33. The molecule has 106 valence electrons. The molecule has 0 heterocycles. The summed E-state index contributed by atoms with van der Waals surface area (Å²) in [6, 6.07) is -0.231. The number of unbranched alkanes of at least 4 members (excludes halogenated alkanes) is 1. The Balaban J connectivity index is 3.51. The van der Waals surface area contributed by atoms with Crippen LogP contribution < -0.4 is 16.4 Å². The minimum Gasteiger partial charge on any atom is -0.409 e. The van der Waals surface area contributed by atoms with Gasteiger partial charge in [-0.05, 0) is 26.3 Å². The summed E-state index contributed by atoms with van der Waals surface area (Å²) < 4.78 is 4.84. The molecule has 1 unspecified atom stereocenters. The molecule has 0 rings (SSSR count). The molecular weight excluding hydrogens is 236 g/mol. The quantitative estimate of drug-likeness (QED) is 0.141. The maximum Gasteiger partial charge on any atom is 0.236 e. The number of nitrogens with zero attached hydrogens (tertiary/aromatic N) is 1. The molecule has 7 heteroatoms. The Morgan fingerprint density at radius 1 is 1.44 bits per heavy atom. The molecule has 1 amide bonds. The smallest absolute Gasteiger partial charge is 0.236 e. The lowest BCUT2D eigenvalue weighted by Gasteiger charge is -2.13. The lowest BCUT2D eigenvalue weighted by molar-refractivity contribution is -0.122. The first-order valence-corrected chi connectivity index (χ1v) is 6.08. The molecule has 0 aromatic rings. The van der Waals surface area contributed by atoms with Crippen LogP contribution in [0.15, 0.2) is 5.16 Å². The van der Waals surface area contributed by atoms with Gasteiger partial charge in [-0.2, -0.15) is 0 Å². The molecule has 18 heavy (non-hydrogen) atoms. The molecule has 0 aromatic carbocycles. The average Bonchev–Trinajstić information content (AvgIpc) is 2.37. The second kappa shape index (κ2) is 10.8. The lowest BCUT2D eigenvalue weighted by atomic mass is 10.2. The van der Waals surface area contributed by atoms with Gasteiger partial charge in [0, 0.05) is 20.1 Å². The van der Waals surface area contributed by atoms with E-state index in [0.717, 1.165) is 19.4 Å². The van der Waals surface area contributed by atoms with Crippen LogP contribution in [0.25, 0.3) is 0 Å². The molecule has 0 aromatic heterocycles. The fourth-order valence-electron chi connectivity index (χ4n) is 1.32. The van der Waals surface area contributed by atoms with Crippen LogP contribution in [0.4, 0.5) is 0 Å². The van der Waals surface area contributed by atoms with Gasteiger partial charge in [0.05, 0.1) is 12.6 Å². The van der Waals surface area contributed by atoms with Crippen molar-refractivity contribution in [1.29, 1.82) is 0 Å².